The smallest absolute Gasteiger partial charge is 0.128 e. The topological polar surface area (TPSA) is 35.0 Å². The maximum atomic E-state index is 6.28. The molecule has 1 heterocycles. The van der Waals surface area contributed by atoms with Gasteiger partial charge in [0.05, 0.1) is 12.3 Å². The molecule has 1 aromatic carbocycles. The third-order valence-electron chi connectivity index (χ3n) is 8.19. The summed E-state index contributed by atoms with van der Waals surface area (Å²) in [5, 5.41) is 0. The number of nitrogens with zero attached hydrogens (tertiary/aromatic N) is 2. The maximum absolute atomic E-state index is 6.28. The third kappa shape index (κ3) is 10.2. The second-order valence-corrected chi connectivity index (χ2v) is 11.1. The van der Waals surface area contributed by atoms with E-state index >= 15 is 0 Å². The summed E-state index contributed by atoms with van der Waals surface area (Å²) in [6, 6.07) is 8.44. The lowest BCUT2D eigenvalue weighted by atomic mass is 9.77. The highest BCUT2D eigenvalue weighted by molar-refractivity contribution is 5.69. The molecule has 3 nitrogen and oxygen atoms in total. The number of aromatic nitrogens is 2. The number of ether oxygens (including phenoxy) is 1. The number of aryl methyl sites for hydroxylation is 1. The molecule has 0 spiro atoms. The molecule has 3 heteroatoms. The lowest BCUT2D eigenvalue weighted by Crippen LogP contribution is -2.15. The molecular formula is C33H52N2O. The Balaban J connectivity index is 1.46. The molecule has 0 atom stereocenters. The van der Waals surface area contributed by atoms with Crippen LogP contribution in [0.3, 0.4) is 0 Å². The molecule has 3 rings (SSSR count). The van der Waals surface area contributed by atoms with Gasteiger partial charge in [-0.05, 0) is 48.8 Å². The van der Waals surface area contributed by atoms with Crippen LogP contribution in [0.25, 0.3) is 11.3 Å². The summed E-state index contributed by atoms with van der Waals surface area (Å²) in [7, 11) is 0. The maximum Gasteiger partial charge on any atom is 0.128 e. The first-order valence-corrected chi connectivity index (χ1v) is 15.3. The quantitative estimate of drug-likeness (QED) is 0.194. The van der Waals surface area contributed by atoms with Crippen LogP contribution in [0.15, 0.2) is 36.8 Å². The van der Waals surface area contributed by atoms with Gasteiger partial charge in [0.15, 0.2) is 0 Å². The zero-order chi connectivity index (χ0) is 25.3. The molecule has 0 bridgehead atoms. The minimum Gasteiger partial charge on any atom is -0.493 e. The largest absolute Gasteiger partial charge is 0.493 e. The zero-order valence-electron chi connectivity index (χ0n) is 23.4. The molecule has 1 fully saturated rings. The predicted octanol–water partition coefficient (Wildman–Crippen LogP) is 9.98. The molecule has 0 amide bonds. The summed E-state index contributed by atoms with van der Waals surface area (Å²) >= 11 is 0. The third-order valence-corrected chi connectivity index (χ3v) is 8.19. The Kier molecular flexibility index (Phi) is 14.0. The molecule has 0 saturated heterocycles. The Morgan fingerprint density at radius 1 is 0.750 bits per heavy atom. The SMILES string of the molecule is CCCCCCCCCCOc1ccccc1-c1ncncc1CCC1CCC(CCCCC)CC1. The van der Waals surface area contributed by atoms with Gasteiger partial charge in [-0.15, -0.1) is 0 Å². The van der Waals surface area contributed by atoms with Gasteiger partial charge in [-0.1, -0.05) is 122 Å². The molecule has 0 aliphatic heterocycles. The molecule has 0 radical (unpaired) electrons. The van der Waals surface area contributed by atoms with Crippen LogP contribution < -0.4 is 4.74 Å². The first-order valence-electron chi connectivity index (χ1n) is 15.3. The van der Waals surface area contributed by atoms with Crippen molar-refractivity contribution >= 4 is 0 Å². The Labute approximate surface area is 221 Å². The summed E-state index contributed by atoms with van der Waals surface area (Å²) in [5.41, 5.74) is 3.45. The molecule has 0 unspecified atom stereocenters. The molecule has 200 valence electrons. The van der Waals surface area contributed by atoms with Crippen molar-refractivity contribution in [3.8, 4) is 17.0 Å². The number of para-hydroxylation sites is 1. The predicted molar refractivity (Wildman–Crippen MR) is 153 cm³/mol. The second-order valence-electron chi connectivity index (χ2n) is 11.1. The Bertz CT molecular complexity index is 828. The summed E-state index contributed by atoms with van der Waals surface area (Å²) in [4.78, 5) is 9.12. The van der Waals surface area contributed by atoms with Crippen molar-refractivity contribution in [3.63, 3.8) is 0 Å². The molecular weight excluding hydrogens is 440 g/mol. The lowest BCUT2D eigenvalue weighted by Gasteiger charge is -2.28. The van der Waals surface area contributed by atoms with E-state index in [0.29, 0.717) is 0 Å². The minimum atomic E-state index is 0.786. The number of hydrogen-bond acceptors (Lipinski definition) is 3. The lowest BCUT2D eigenvalue weighted by molar-refractivity contribution is 0.249. The molecule has 1 saturated carbocycles. The van der Waals surface area contributed by atoms with Gasteiger partial charge >= 0.3 is 0 Å². The highest BCUT2D eigenvalue weighted by atomic mass is 16.5. The van der Waals surface area contributed by atoms with Crippen molar-refractivity contribution in [2.24, 2.45) is 11.8 Å². The van der Waals surface area contributed by atoms with Gasteiger partial charge in [-0.25, -0.2) is 9.97 Å². The average Bonchev–Trinajstić information content (AvgIpc) is 2.92. The van der Waals surface area contributed by atoms with E-state index in [4.69, 9.17) is 9.72 Å². The van der Waals surface area contributed by atoms with Gasteiger partial charge in [0.25, 0.3) is 0 Å². The fourth-order valence-electron chi connectivity index (χ4n) is 5.84. The highest BCUT2D eigenvalue weighted by Gasteiger charge is 2.21. The van der Waals surface area contributed by atoms with Crippen LogP contribution in [0.5, 0.6) is 5.75 Å². The first kappa shape index (κ1) is 28.7. The molecule has 1 aromatic heterocycles. The van der Waals surface area contributed by atoms with Crippen LogP contribution in [0, 0.1) is 11.8 Å². The van der Waals surface area contributed by atoms with Crippen LogP contribution >= 0.6 is 0 Å². The van der Waals surface area contributed by atoms with Crippen LogP contribution in [0.4, 0.5) is 0 Å². The van der Waals surface area contributed by atoms with E-state index in [2.05, 4.69) is 43.1 Å². The summed E-state index contributed by atoms with van der Waals surface area (Å²) in [5.74, 6) is 2.80. The molecule has 1 aliphatic carbocycles. The van der Waals surface area contributed by atoms with Crippen molar-refractivity contribution in [2.75, 3.05) is 6.61 Å². The van der Waals surface area contributed by atoms with E-state index in [1.54, 1.807) is 6.33 Å². The van der Waals surface area contributed by atoms with Gasteiger partial charge in [-0.3, -0.25) is 0 Å². The number of unbranched alkanes of at least 4 members (excludes halogenated alkanes) is 9. The van der Waals surface area contributed by atoms with E-state index in [9.17, 15) is 0 Å². The van der Waals surface area contributed by atoms with E-state index < -0.39 is 0 Å². The van der Waals surface area contributed by atoms with E-state index in [1.807, 2.05) is 6.20 Å². The minimum absolute atomic E-state index is 0.786. The summed E-state index contributed by atoms with van der Waals surface area (Å²) in [6.07, 6.45) is 27.9. The molecule has 2 aromatic rings. The molecule has 36 heavy (non-hydrogen) atoms. The Hall–Kier alpha value is -1.90. The molecule has 0 N–H and O–H groups in total. The standard InChI is InChI=1S/C33H52N2O/c1-3-5-7-8-9-10-11-15-25-36-32-18-14-13-17-31(32)33-30(26-34-27-35-33)24-23-29-21-19-28(20-22-29)16-12-6-4-2/h13-14,17-18,26-29H,3-12,15-16,19-25H2,1-2H3. The van der Waals surface area contributed by atoms with Gasteiger partial charge < -0.3 is 4.74 Å². The zero-order valence-corrected chi connectivity index (χ0v) is 23.4. The van der Waals surface area contributed by atoms with Crippen molar-refractivity contribution in [2.45, 2.75) is 129 Å². The number of hydrogen-bond donors (Lipinski definition) is 0. The number of rotatable bonds is 18. The summed E-state index contributed by atoms with van der Waals surface area (Å²) in [6.45, 7) is 5.37. The van der Waals surface area contributed by atoms with E-state index in [1.165, 1.54) is 108 Å². The first-order chi connectivity index (χ1) is 17.8. The van der Waals surface area contributed by atoms with Crippen molar-refractivity contribution in [1.82, 2.24) is 9.97 Å². The van der Waals surface area contributed by atoms with Gasteiger partial charge in [0.2, 0.25) is 0 Å². The fourth-order valence-corrected chi connectivity index (χ4v) is 5.84. The average molecular weight is 493 g/mol. The Morgan fingerprint density at radius 3 is 2.14 bits per heavy atom. The summed E-state index contributed by atoms with van der Waals surface area (Å²) < 4.78 is 6.28. The Morgan fingerprint density at radius 2 is 1.39 bits per heavy atom. The van der Waals surface area contributed by atoms with Crippen molar-refractivity contribution in [3.05, 3.63) is 42.4 Å². The van der Waals surface area contributed by atoms with Crippen LogP contribution in [0.2, 0.25) is 0 Å². The normalized spacial score (nSPS) is 17.8. The van der Waals surface area contributed by atoms with Gasteiger partial charge in [-0.2, -0.15) is 0 Å². The van der Waals surface area contributed by atoms with Crippen molar-refractivity contribution < 1.29 is 4.74 Å². The van der Waals surface area contributed by atoms with Crippen LogP contribution in [-0.4, -0.2) is 16.6 Å². The van der Waals surface area contributed by atoms with Gasteiger partial charge in [0, 0.05) is 11.8 Å². The highest BCUT2D eigenvalue weighted by Crippen LogP contribution is 2.36. The van der Waals surface area contributed by atoms with E-state index in [0.717, 1.165) is 48.3 Å². The monoisotopic (exact) mass is 492 g/mol. The van der Waals surface area contributed by atoms with Gasteiger partial charge in [0.1, 0.15) is 12.1 Å². The van der Waals surface area contributed by atoms with E-state index in [-0.39, 0.29) is 0 Å². The second kappa shape index (κ2) is 17.5. The van der Waals surface area contributed by atoms with Crippen LogP contribution in [0.1, 0.15) is 129 Å². The number of benzene rings is 1. The van der Waals surface area contributed by atoms with Crippen molar-refractivity contribution in [1.29, 1.82) is 0 Å². The van der Waals surface area contributed by atoms with Crippen LogP contribution in [-0.2, 0) is 6.42 Å². The fraction of sp³-hybridized carbons (Fsp3) is 0.697. The molecule has 1 aliphatic rings.